The number of hydrogen-bond acceptors (Lipinski definition) is 5. The van der Waals surface area contributed by atoms with Crippen molar-refractivity contribution in [2.75, 3.05) is 14.2 Å². The summed E-state index contributed by atoms with van der Waals surface area (Å²) in [5.74, 6) is 0.0980. The lowest BCUT2D eigenvalue weighted by Gasteiger charge is -2.14. The molecule has 0 spiro atoms. The lowest BCUT2D eigenvalue weighted by Crippen LogP contribution is -2.18. The van der Waals surface area contributed by atoms with Crippen LogP contribution in [-0.4, -0.2) is 28.8 Å². The number of nitrogens with zero attached hydrogens (tertiary/aromatic N) is 3. The Bertz CT molecular complexity index is 1530. The van der Waals surface area contributed by atoms with Crippen LogP contribution < -0.4 is 15.0 Å². The number of pyridine rings is 3. The van der Waals surface area contributed by atoms with Crippen molar-refractivity contribution in [1.29, 1.82) is 0 Å². The maximum absolute atomic E-state index is 14.0. The average Bonchev–Trinajstić information content (AvgIpc) is 2.84. The Morgan fingerprint density at radius 2 is 1.69 bits per heavy atom. The van der Waals surface area contributed by atoms with Gasteiger partial charge < -0.3 is 9.47 Å². The number of benzene rings is 2. The standard InChI is InChI=1S/C25H18FN3O3/c1-31-22-12-18(6-7-20(22)26)29-24(30)10-5-17-14-27-21-8-3-15(11-19(21)25(17)29)16-4-9-23(32-2)28-13-16/h3-14H,1-2H3. The lowest BCUT2D eigenvalue weighted by molar-refractivity contribution is 0.386. The van der Waals surface area contributed by atoms with Crippen LogP contribution in [-0.2, 0) is 0 Å². The molecule has 5 aromatic rings. The van der Waals surface area contributed by atoms with Crippen LogP contribution in [0.4, 0.5) is 4.39 Å². The first-order chi connectivity index (χ1) is 15.6. The summed E-state index contributed by atoms with van der Waals surface area (Å²) in [4.78, 5) is 21.8. The molecule has 158 valence electrons. The van der Waals surface area contributed by atoms with Gasteiger partial charge in [0.1, 0.15) is 0 Å². The van der Waals surface area contributed by atoms with Crippen molar-refractivity contribution in [2.45, 2.75) is 0 Å². The lowest BCUT2D eigenvalue weighted by atomic mass is 10.0. The van der Waals surface area contributed by atoms with Gasteiger partial charge in [0, 0.05) is 46.9 Å². The molecule has 0 fully saturated rings. The maximum Gasteiger partial charge on any atom is 0.255 e. The Morgan fingerprint density at radius 3 is 2.44 bits per heavy atom. The number of hydrogen-bond donors (Lipinski definition) is 0. The van der Waals surface area contributed by atoms with Crippen LogP contribution >= 0.6 is 0 Å². The van der Waals surface area contributed by atoms with E-state index in [1.165, 1.54) is 25.3 Å². The van der Waals surface area contributed by atoms with Crippen molar-refractivity contribution < 1.29 is 13.9 Å². The molecule has 5 rings (SSSR count). The van der Waals surface area contributed by atoms with Gasteiger partial charge in [0.15, 0.2) is 11.6 Å². The molecule has 0 saturated carbocycles. The van der Waals surface area contributed by atoms with Gasteiger partial charge in [-0.25, -0.2) is 9.37 Å². The number of methoxy groups -OCH3 is 2. The maximum atomic E-state index is 14.0. The van der Waals surface area contributed by atoms with Crippen LogP contribution in [0.5, 0.6) is 11.6 Å². The molecule has 0 unspecified atom stereocenters. The van der Waals surface area contributed by atoms with Gasteiger partial charge in [-0.1, -0.05) is 6.07 Å². The molecule has 0 amide bonds. The number of fused-ring (bicyclic) bond motifs is 3. The molecule has 6 nitrogen and oxygen atoms in total. The zero-order chi connectivity index (χ0) is 22.2. The second-order valence-electron chi connectivity index (χ2n) is 7.21. The fourth-order valence-electron chi connectivity index (χ4n) is 3.81. The Labute approximate surface area is 182 Å². The summed E-state index contributed by atoms with van der Waals surface area (Å²) in [7, 11) is 2.96. The molecule has 0 N–H and O–H groups in total. The van der Waals surface area contributed by atoms with Crippen LogP contribution in [0, 0.1) is 5.82 Å². The fraction of sp³-hybridized carbons (Fsp3) is 0.0800. The third-order valence-corrected chi connectivity index (χ3v) is 5.39. The highest BCUT2D eigenvalue weighted by Crippen LogP contribution is 2.30. The summed E-state index contributed by atoms with van der Waals surface area (Å²) in [6, 6.07) is 17.1. The highest BCUT2D eigenvalue weighted by Gasteiger charge is 2.13. The SMILES string of the molecule is COc1ccc(-c2ccc3ncc4ccc(=O)n(-c5ccc(F)c(OC)c5)c4c3c2)cn1. The minimum Gasteiger partial charge on any atom is -0.494 e. The predicted octanol–water partition coefficient (Wildman–Crippen LogP) is 4.76. The van der Waals surface area contributed by atoms with Crippen molar-refractivity contribution in [3.63, 3.8) is 0 Å². The molecule has 0 bridgehead atoms. The van der Waals surface area contributed by atoms with Crippen LogP contribution in [0.1, 0.15) is 0 Å². The van der Waals surface area contributed by atoms with Gasteiger partial charge in [-0.15, -0.1) is 0 Å². The largest absolute Gasteiger partial charge is 0.494 e. The van der Waals surface area contributed by atoms with Crippen molar-refractivity contribution >= 4 is 21.8 Å². The van der Waals surface area contributed by atoms with E-state index in [0.717, 1.165) is 27.4 Å². The second kappa shape index (κ2) is 7.77. The van der Waals surface area contributed by atoms with Crippen LogP contribution in [0.15, 0.2) is 77.9 Å². The molecular formula is C25H18FN3O3. The molecule has 0 radical (unpaired) electrons. The fourth-order valence-corrected chi connectivity index (χ4v) is 3.81. The molecule has 3 aromatic heterocycles. The summed E-state index contributed by atoms with van der Waals surface area (Å²) in [5, 5.41) is 1.57. The number of ether oxygens (including phenoxy) is 2. The smallest absolute Gasteiger partial charge is 0.255 e. The minimum atomic E-state index is -0.495. The quantitative estimate of drug-likeness (QED) is 0.387. The van der Waals surface area contributed by atoms with Crippen molar-refractivity contribution in [2.24, 2.45) is 0 Å². The molecule has 2 aromatic carbocycles. The zero-order valence-corrected chi connectivity index (χ0v) is 17.4. The summed E-state index contributed by atoms with van der Waals surface area (Å²) >= 11 is 0. The molecule has 0 atom stereocenters. The molecule has 0 aliphatic heterocycles. The van der Waals surface area contributed by atoms with Crippen molar-refractivity contribution in [1.82, 2.24) is 14.5 Å². The third kappa shape index (κ3) is 3.24. The number of aromatic nitrogens is 3. The van der Waals surface area contributed by atoms with Gasteiger partial charge in [-0.2, -0.15) is 0 Å². The van der Waals surface area contributed by atoms with Crippen molar-refractivity contribution in [3.8, 4) is 28.4 Å². The van der Waals surface area contributed by atoms with Crippen LogP contribution in [0.25, 0.3) is 38.6 Å². The van der Waals surface area contributed by atoms with Gasteiger partial charge in [-0.3, -0.25) is 14.3 Å². The monoisotopic (exact) mass is 427 g/mol. The number of rotatable bonds is 4. The van der Waals surface area contributed by atoms with E-state index < -0.39 is 5.82 Å². The Kier molecular flexibility index (Phi) is 4.78. The third-order valence-electron chi connectivity index (χ3n) is 5.39. The number of halogens is 1. The van der Waals surface area contributed by atoms with Gasteiger partial charge in [0.25, 0.3) is 5.56 Å². The topological polar surface area (TPSA) is 66.2 Å². The Morgan fingerprint density at radius 1 is 0.844 bits per heavy atom. The minimum absolute atomic E-state index is 0.0646. The molecule has 32 heavy (non-hydrogen) atoms. The average molecular weight is 427 g/mol. The Hall–Kier alpha value is -4.26. The second-order valence-corrected chi connectivity index (χ2v) is 7.21. The van der Waals surface area contributed by atoms with E-state index in [-0.39, 0.29) is 11.3 Å². The van der Waals surface area contributed by atoms with Crippen LogP contribution in [0.2, 0.25) is 0 Å². The summed E-state index contributed by atoms with van der Waals surface area (Å²) in [5.41, 5.74) is 3.49. The summed E-state index contributed by atoms with van der Waals surface area (Å²) in [6.45, 7) is 0. The zero-order valence-electron chi connectivity index (χ0n) is 17.4. The van der Waals surface area contributed by atoms with Crippen molar-refractivity contribution in [3.05, 3.63) is 89.2 Å². The molecule has 0 aliphatic rings. The van der Waals surface area contributed by atoms with E-state index >= 15 is 0 Å². The first kappa shape index (κ1) is 19.7. The molecular weight excluding hydrogens is 409 g/mol. The van der Waals surface area contributed by atoms with E-state index in [2.05, 4.69) is 9.97 Å². The van der Waals surface area contributed by atoms with Gasteiger partial charge in [0.05, 0.1) is 30.9 Å². The first-order valence-corrected chi connectivity index (χ1v) is 9.88. The van der Waals surface area contributed by atoms with Crippen LogP contribution in [0.3, 0.4) is 0 Å². The van der Waals surface area contributed by atoms with E-state index in [1.807, 2.05) is 24.3 Å². The van der Waals surface area contributed by atoms with Gasteiger partial charge in [-0.05, 0) is 42.0 Å². The molecule has 3 heterocycles. The molecule has 7 heteroatoms. The molecule has 0 aliphatic carbocycles. The Balaban J connectivity index is 1.81. The van der Waals surface area contributed by atoms with E-state index in [0.29, 0.717) is 17.1 Å². The molecule has 0 saturated heterocycles. The highest BCUT2D eigenvalue weighted by molar-refractivity contribution is 6.05. The van der Waals surface area contributed by atoms with Gasteiger partial charge in [0.2, 0.25) is 5.88 Å². The summed E-state index contributed by atoms with van der Waals surface area (Å²) < 4.78 is 25.8. The van der Waals surface area contributed by atoms with E-state index in [4.69, 9.17) is 9.47 Å². The van der Waals surface area contributed by atoms with Gasteiger partial charge >= 0.3 is 0 Å². The first-order valence-electron chi connectivity index (χ1n) is 9.88. The predicted molar refractivity (Wildman–Crippen MR) is 121 cm³/mol. The van der Waals surface area contributed by atoms with E-state index in [1.54, 1.807) is 42.3 Å². The highest BCUT2D eigenvalue weighted by atomic mass is 19.1. The summed E-state index contributed by atoms with van der Waals surface area (Å²) in [6.07, 6.45) is 3.46. The van der Waals surface area contributed by atoms with E-state index in [9.17, 15) is 9.18 Å². The normalized spacial score (nSPS) is 11.1.